The summed E-state index contributed by atoms with van der Waals surface area (Å²) < 4.78 is 5.08. The number of alkyl carbamates (subject to hydrolysis) is 1. The van der Waals surface area contributed by atoms with Crippen LogP contribution in [0.3, 0.4) is 0 Å². The molecule has 0 bridgehead atoms. The van der Waals surface area contributed by atoms with Gasteiger partial charge in [-0.25, -0.2) is 9.59 Å². The third-order valence-corrected chi connectivity index (χ3v) is 3.02. The van der Waals surface area contributed by atoms with Crippen molar-refractivity contribution >= 4 is 29.3 Å². The quantitative estimate of drug-likeness (QED) is 0.764. The van der Waals surface area contributed by atoms with E-state index in [0.717, 1.165) is 6.42 Å². The van der Waals surface area contributed by atoms with E-state index in [4.69, 9.17) is 22.1 Å². The molecule has 1 heterocycles. The summed E-state index contributed by atoms with van der Waals surface area (Å²) in [4.78, 5) is 24.6. The van der Waals surface area contributed by atoms with Crippen molar-refractivity contribution in [3.8, 4) is 0 Å². The molecule has 1 aliphatic heterocycles. The molecule has 6 nitrogen and oxygen atoms in total. The Bertz CT molecular complexity index is 378. The van der Waals surface area contributed by atoms with E-state index < -0.39 is 23.7 Å². The van der Waals surface area contributed by atoms with E-state index in [2.05, 4.69) is 5.32 Å². The number of thiocarbonyl (C=S) groups is 1. The summed E-state index contributed by atoms with van der Waals surface area (Å²) >= 11 is 5.16. The molecule has 7 heteroatoms. The Morgan fingerprint density at radius 2 is 2.11 bits per heavy atom. The van der Waals surface area contributed by atoms with Crippen LogP contribution >= 0.6 is 12.2 Å². The van der Waals surface area contributed by atoms with Gasteiger partial charge in [0.2, 0.25) is 0 Å². The van der Waals surface area contributed by atoms with E-state index in [1.165, 1.54) is 0 Å². The van der Waals surface area contributed by atoms with Crippen molar-refractivity contribution in [3.63, 3.8) is 0 Å². The minimum atomic E-state index is -0.878. The number of nitrogens with zero attached hydrogens (tertiary/aromatic N) is 1. The zero-order chi connectivity index (χ0) is 14.6. The second-order valence-electron chi connectivity index (χ2n) is 5.44. The van der Waals surface area contributed by atoms with Gasteiger partial charge in [-0.3, -0.25) is 0 Å². The third-order valence-electron chi connectivity index (χ3n) is 2.64. The van der Waals surface area contributed by atoms with Gasteiger partial charge in [0, 0.05) is 6.54 Å². The molecule has 0 aromatic heterocycles. The number of carboxylic acid groups (broad SMARTS) is 1. The van der Waals surface area contributed by atoms with Gasteiger partial charge in [-0.2, -0.15) is 0 Å². The summed E-state index contributed by atoms with van der Waals surface area (Å²) in [6.07, 6.45) is 0.826. The van der Waals surface area contributed by atoms with Crippen molar-refractivity contribution in [1.29, 1.82) is 0 Å². The molecule has 108 valence electrons. The lowest BCUT2D eigenvalue weighted by atomic mass is 10.2. The minimum Gasteiger partial charge on any atom is -0.480 e. The zero-order valence-corrected chi connectivity index (χ0v) is 12.2. The molecule has 1 fully saturated rings. The summed E-state index contributed by atoms with van der Waals surface area (Å²) in [5.74, 6) is -0.878. The molecule has 0 radical (unpaired) electrons. The van der Waals surface area contributed by atoms with Crippen LogP contribution in [0.4, 0.5) is 4.79 Å². The van der Waals surface area contributed by atoms with Crippen LogP contribution in [0.25, 0.3) is 0 Å². The van der Waals surface area contributed by atoms with Crippen LogP contribution in [0.15, 0.2) is 0 Å². The number of likely N-dealkylation sites (tertiary alicyclic amines) is 1. The zero-order valence-electron chi connectivity index (χ0n) is 11.4. The van der Waals surface area contributed by atoms with Crippen molar-refractivity contribution in [2.75, 3.05) is 13.1 Å². The first-order valence-corrected chi connectivity index (χ1v) is 6.60. The summed E-state index contributed by atoms with van der Waals surface area (Å²) in [7, 11) is 0. The van der Waals surface area contributed by atoms with Gasteiger partial charge in [-0.1, -0.05) is 12.2 Å². The summed E-state index contributed by atoms with van der Waals surface area (Å²) in [5, 5.41) is 11.6. The Hall–Kier alpha value is -1.37. The second kappa shape index (κ2) is 6.18. The first-order valence-electron chi connectivity index (χ1n) is 6.20. The highest BCUT2D eigenvalue weighted by atomic mass is 32.1. The van der Waals surface area contributed by atoms with Gasteiger partial charge in [0.25, 0.3) is 0 Å². The lowest BCUT2D eigenvalue weighted by Crippen LogP contribution is -2.45. The number of nitrogens with one attached hydrogen (secondary N) is 1. The maximum Gasteiger partial charge on any atom is 0.408 e. The Balaban J connectivity index is 2.43. The van der Waals surface area contributed by atoms with Gasteiger partial charge in [0.1, 0.15) is 11.6 Å². The molecule has 2 N–H and O–H groups in total. The Labute approximate surface area is 118 Å². The Morgan fingerprint density at radius 3 is 2.63 bits per heavy atom. The summed E-state index contributed by atoms with van der Waals surface area (Å²) in [5.41, 5.74) is -0.567. The molecule has 0 aliphatic carbocycles. The highest BCUT2D eigenvalue weighted by Gasteiger charge is 2.32. The van der Waals surface area contributed by atoms with Gasteiger partial charge in [0.15, 0.2) is 0 Å². The van der Waals surface area contributed by atoms with Crippen molar-refractivity contribution in [2.24, 2.45) is 0 Å². The Kier molecular flexibility index (Phi) is 5.11. The molecule has 0 unspecified atom stereocenters. The first kappa shape index (κ1) is 15.7. The van der Waals surface area contributed by atoms with Gasteiger partial charge in [0.05, 0.1) is 11.5 Å². The van der Waals surface area contributed by atoms with E-state index in [1.54, 1.807) is 25.7 Å². The number of aliphatic carboxylic acids is 1. The van der Waals surface area contributed by atoms with E-state index >= 15 is 0 Å². The fourth-order valence-electron chi connectivity index (χ4n) is 1.89. The molecule has 0 spiro atoms. The highest BCUT2D eigenvalue weighted by molar-refractivity contribution is 7.80. The van der Waals surface area contributed by atoms with Crippen molar-refractivity contribution < 1.29 is 19.4 Å². The number of ether oxygens (including phenoxy) is 1. The number of carbonyl (C=O) groups excluding carboxylic acids is 1. The first-order chi connectivity index (χ1) is 8.70. The molecule has 1 atom stereocenters. The predicted octanol–water partition coefficient (Wildman–Crippen LogP) is 1.39. The average Bonchev–Trinajstić information content (AvgIpc) is 2.72. The molecule has 0 aromatic carbocycles. The van der Waals surface area contributed by atoms with Crippen LogP contribution in [0, 0.1) is 0 Å². The molecule has 1 saturated heterocycles. The number of amides is 1. The van der Waals surface area contributed by atoms with Crippen LogP contribution in [-0.2, 0) is 9.53 Å². The summed E-state index contributed by atoms with van der Waals surface area (Å²) in [6, 6.07) is -0.576. The van der Waals surface area contributed by atoms with Crippen LogP contribution < -0.4 is 5.32 Å². The van der Waals surface area contributed by atoms with Crippen LogP contribution in [0.2, 0.25) is 0 Å². The van der Waals surface area contributed by atoms with Gasteiger partial charge in [-0.05, 0) is 33.6 Å². The van der Waals surface area contributed by atoms with E-state index in [0.29, 0.717) is 18.0 Å². The maximum atomic E-state index is 11.5. The molecule has 1 rings (SSSR count). The molecule has 0 saturated carbocycles. The van der Waals surface area contributed by atoms with Gasteiger partial charge >= 0.3 is 12.1 Å². The molecule has 0 aromatic rings. The maximum absolute atomic E-state index is 11.5. The van der Waals surface area contributed by atoms with Gasteiger partial charge in [-0.15, -0.1) is 0 Å². The fourth-order valence-corrected chi connectivity index (χ4v) is 2.18. The van der Waals surface area contributed by atoms with Crippen molar-refractivity contribution in [3.05, 3.63) is 0 Å². The molecular formula is C12H20N2O4S. The van der Waals surface area contributed by atoms with Crippen molar-refractivity contribution in [1.82, 2.24) is 10.2 Å². The third kappa shape index (κ3) is 5.02. The lowest BCUT2D eigenvalue weighted by molar-refractivity contribution is -0.140. The van der Waals surface area contributed by atoms with Crippen LogP contribution in [-0.4, -0.2) is 51.8 Å². The number of carboxylic acids is 1. The molecule has 19 heavy (non-hydrogen) atoms. The smallest absolute Gasteiger partial charge is 0.408 e. The van der Waals surface area contributed by atoms with Crippen LogP contribution in [0.1, 0.15) is 33.6 Å². The van der Waals surface area contributed by atoms with E-state index in [9.17, 15) is 9.59 Å². The average molecular weight is 288 g/mol. The molecular weight excluding hydrogens is 268 g/mol. The predicted molar refractivity (Wildman–Crippen MR) is 74.2 cm³/mol. The second-order valence-corrected chi connectivity index (χ2v) is 5.91. The standard InChI is InChI=1S/C12H20N2O4S/c1-12(2,3)18-11(17)13-7-9(19)14-6-4-5-8(14)10(15)16/h8H,4-7H2,1-3H3,(H,13,17)(H,15,16)/t8-/m0/s1. The normalized spacial score (nSPS) is 19.1. The number of rotatable bonds is 3. The van der Waals surface area contributed by atoms with Crippen molar-refractivity contribution in [2.45, 2.75) is 45.3 Å². The molecule has 1 aliphatic rings. The summed E-state index contributed by atoms with van der Waals surface area (Å²) in [6.45, 7) is 6.04. The van der Waals surface area contributed by atoms with E-state index in [1.807, 2.05) is 0 Å². The number of hydrogen-bond acceptors (Lipinski definition) is 4. The molecule has 1 amide bonds. The number of hydrogen-bond donors (Lipinski definition) is 2. The topological polar surface area (TPSA) is 78.9 Å². The SMILES string of the molecule is CC(C)(C)OC(=O)NCC(=S)N1CCC[C@H]1C(=O)O. The fraction of sp³-hybridized carbons (Fsp3) is 0.750. The van der Waals surface area contributed by atoms with Gasteiger partial charge < -0.3 is 20.1 Å². The monoisotopic (exact) mass is 288 g/mol. The lowest BCUT2D eigenvalue weighted by Gasteiger charge is -2.25. The number of carbonyl (C=O) groups is 2. The Morgan fingerprint density at radius 1 is 1.47 bits per heavy atom. The largest absolute Gasteiger partial charge is 0.480 e. The van der Waals surface area contributed by atoms with E-state index in [-0.39, 0.29) is 6.54 Å². The minimum absolute atomic E-state index is 0.119. The van der Waals surface area contributed by atoms with Crippen LogP contribution in [0.5, 0.6) is 0 Å². The highest BCUT2D eigenvalue weighted by Crippen LogP contribution is 2.18.